The highest BCUT2D eigenvalue weighted by molar-refractivity contribution is 5.92. The molecule has 0 aliphatic carbocycles. The Morgan fingerprint density at radius 2 is 1.95 bits per heavy atom. The summed E-state index contributed by atoms with van der Waals surface area (Å²) in [6.07, 6.45) is 4.83. The zero-order valence-electron chi connectivity index (χ0n) is 12.2. The molecular formula is C17H14N2O3. The third-order valence-electron chi connectivity index (χ3n) is 3.24. The Balaban J connectivity index is 2.14. The minimum atomic E-state index is -0.415. The van der Waals surface area contributed by atoms with Crippen LogP contribution in [0.1, 0.15) is 15.9 Å². The quantitative estimate of drug-likeness (QED) is 0.692. The number of hydrogen-bond acceptors (Lipinski definition) is 5. The second kappa shape index (κ2) is 5.81. The summed E-state index contributed by atoms with van der Waals surface area (Å²) in [6.45, 7) is 1.97. The topological polar surface area (TPSA) is 65.2 Å². The van der Waals surface area contributed by atoms with Gasteiger partial charge < -0.3 is 9.15 Å². The second-order valence-electron chi connectivity index (χ2n) is 4.85. The van der Waals surface area contributed by atoms with Gasteiger partial charge in [-0.25, -0.2) is 9.78 Å². The van der Waals surface area contributed by atoms with Crippen LogP contribution in [0, 0.1) is 6.92 Å². The Hall–Kier alpha value is -2.95. The van der Waals surface area contributed by atoms with E-state index in [9.17, 15) is 4.79 Å². The molecule has 0 bridgehead atoms. The molecule has 0 unspecified atom stereocenters. The van der Waals surface area contributed by atoms with E-state index in [0.717, 1.165) is 16.8 Å². The molecule has 5 nitrogen and oxygen atoms in total. The Morgan fingerprint density at radius 1 is 1.14 bits per heavy atom. The molecule has 0 fully saturated rings. The van der Waals surface area contributed by atoms with Crippen molar-refractivity contribution in [3.8, 4) is 22.7 Å². The number of rotatable bonds is 3. The first-order chi connectivity index (χ1) is 10.7. The summed E-state index contributed by atoms with van der Waals surface area (Å²) >= 11 is 0. The maximum atomic E-state index is 11.9. The first-order valence-corrected chi connectivity index (χ1v) is 6.73. The molecule has 2 heterocycles. The zero-order valence-corrected chi connectivity index (χ0v) is 12.2. The molecule has 0 N–H and O–H groups in total. The summed E-state index contributed by atoms with van der Waals surface area (Å²) in [7, 11) is 1.35. The van der Waals surface area contributed by atoms with E-state index in [1.54, 1.807) is 24.5 Å². The molecule has 2 aromatic heterocycles. The van der Waals surface area contributed by atoms with Crippen molar-refractivity contribution in [2.75, 3.05) is 7.11 Å². The van der Waals surface area contributed by atoms with Crippen LogP contribution in [0.5, 0.6) is 0 Å². The molecule has 5 heteroatoms. The highest BCUT2D eigenvalue weighted by atomic mass is 16.5. The van der Waals surface area contributed by atoms with Crippen molar-refractivity contribution in [1.82, 2.24) is 9.97 Å². The van der Waals surface area contributed by atoms with Crippen LogP contribution in [-0.4, -0.2) is 23.0 Å². The van der Waals surface area contributed by atoms with Crippen molar-refractivity contribution in [3.63, 3.8) is 0 Å². The largest absolute Gasteiger partial charge is 0.465 e. The fourth-order valence-corrected chi connectivity index (χ4v) is 2.14. The maximum absolute atomic E-state index is 11.9. The molecule has 22 heavy (non-hydrogen) atoms. The molecule has 3 rings (SSSR count). The predicted octanol–water partition coefficient (Wildman–Crippen LogP) is 3.50. The lowest BCUT2D eigenvalue weighted by molar-refractivity contribution is 0.0601. The van der Waals surface area contributed by atoms with E-state index >= 15 is 0 Å². The number of esters is 1. The van der Waals surface area contributed by atoms with Crippen molar-refractivity contribution < 1.29 is 13.9 Å². The third kappa shape index (κ3) is 2.74. The summed E-state index contributed by atoms with van der Waals surface area (Å²) in [4.78, 5) is 20.4. The second-order valence-corrected chi connectivity index (χ2v) is 4.85. The SMILES string of the molecule is COC(=O)c1cc(-c2ccc(C)cn2)cc(-c2ncco2)c1. The van der Waals surface area contributed by atoms with Crippen LogP contribution < -0.4 is 0 Å². The smallest absolute Gasteiger partial charge is 0.337 e. The van der Waals surface area contributed by atoms with Gasteiger partial charge in [0, 0.05) is 17.3 Å². The van der Waals surface area contributed by atoms with Gasteiger partial charge in [0.1, 0.15) is 6.26 Å². The monoisotopic (exact) mass is 294 g/mol. The van der Waals surface area contributed by atoms with E-state index in [1.807, 2.05) is 25.1 Å². The van der Waals surface area contributed by atoms with Gasteiger partial charge >= 0.3 is 5.97 Å². The fraction of sp³-hybridized carbons (Fsp3) is 0.118. The summed E-state index contributed by atoms with van der Waals surface area (Å²) in [5.74, 6) is 0.0286. The molecule has 0 amide bonds. The average Bonchev–Trinajstić information content (AvgIpc) is 3.09. The molecule has 0 aliphatic rings. The number of aromatic nitrogens is 2. The fourth-order valence-electron chi connectivity index (χ4n) is 2.14. The summed E-state index contributed by atoms with van der Waals surface area (Å²) in [6, 6.07) is 9.20. The average molecular weight is 294 g/mol. The van der Waals surface area contributed by atoms with Crippen LogP contribution >= 0.6 is 0 Å². The summed E-state index contributed by atoms with van der Waals surface area (Å²) in [5.41, 5.74) is 3.77. The lowest BCUT2D eigenvalue weighted by Crippen LogP contribution is -2.02. The standard InChI is InChI=1S/C17H14N2O3/c1-11-3-4-15(19-10-11)12-7-13(16-18-5-6-22-16)9-14(8-12)17(20)21-2/h3-10H,1-2H3. The Bertz CT molecular complexity index is 793. The van der Waals surface area contributed by atoms with Gasteiger partial charge in [0.25, 0.3) is 0 Å². The van der Waals surface area contributed by atoms with Crippen molar-refractivity contribution >= 4 is 5.97 Å². The first-order valence-electron chi connectivity index (χ1n) is 6.73. The lowest BCUT2D eigenvalue weighted by Gasteiger charge is -2.07. The normalized spacial score (nSPS) is 10.5. The molecule has 0 saturated carbocycles. The van der Waals surface area contributed by atoms with Crippen molar-refractivity contribution in [2.24, 2.45) is 0 Å². The number of aryl methyl sites for hydroxylation is 1. The van der Waals surface area contributed by atoms with E-state index < -0.39 is 5.97 Å². The van der Waals surface area contributed by atoms with Gasteiger partial charge in [0.15, 0.2) is 0 Å². The van der Waals surface area contributed by atoms with Gasteiger partial charge in [-0.15, -0.1) is 0 Å². The van der Waals surface area contributed by atoms with Crippen LogP contribution in [0.15, 0.2) is 53.4 Å². The van der Waals surface area contributed by atoms with Gasteiger partial charge in [0.05, 0.1) is 24.6 Å². The molecule has 0 spiro atoms. The number of nitrogens with zero attached hydrogens (tertiary/aromatic N) is 2. The van der Waals surface area contributed by atoms with Gasteiger partial charge in [-0.2, -0.15) is 0 Å². The molecule has 0 atom stereocenters. The lowest BCUT2D eigenvalue weighted by atomic mass is 10.0. The number of pyridine rings is 1. The predicted molar refractivity (Wildman–Crippen MR) is 81.2 cm³/mol. The molecule has 3 aromatic rings. The molecule has 0 saturated heterocycles. The van der Waals surface area contributed by atoms with E-state index in [4.69, 9.17) is 9.15 Å². The molecule has 1 aromatic carbocycles. The number of hydrogen-bond donors (Lipinski definition) is 0. The van der Waals surface area contributed by atoms with Gasteiger partial charge in [-0.3, -0.25) is 4.98 Å². The van der Waals surface area contributed by atoms with E-state index in [2.05, 4.69) is 9.97 Å². The van der Waals surface area contributed by atoms with Crippen LogP contribution in [-0.2, 0) is 4.74 Å². The highest BCUT2D eigenvalue weighted by Crippen LogP contribution is 2.27. The van der Waals surface area contributed by atoms with E-state index in [0.29, 0.717) is 17.0 Å². The molecule has 0 aliphatic heterocycles. The number of oxazole rings is 1. The number of carbonyl (C=O) groups excluding carboxylic acids is 1. The highest BCUT2D eigenvalue weighted by Gasteiger charge is 2.13. The maximum Gasteiger partial charge on any atom is 0.337 e. The number of benzene rings is 1. The van der Waals surface area contributed by atoms with Crippen LogP contribution in [0.3, 0.4) is 0 Å². The van der Waals surface area contributed by atoms with Crippen LogP contribution in [0.25, 0.3) is 22.7 Å². The Kier molecular flexibility index (Phi) is 3.70. The molecular weight excluding hydrogens is 280 g/mol. The van der Waals surface area contributed by atoms with Gasteiger partial charge in [-0.05, 0) is 36.8 Å². The van der Waals surface area contributed by atoms with Crippen LogP contribution in [0.2, 0.25) is 0 Å². The van der Waals surface area contributed by atoms with E-state index in [-0.39, 0.29) is 0 Å². The molecule has 0 radical (unpaired) electrons. The van der Waals surface area contributed by atoms with Crippen molar-refractivity contribution in [1.29, 1.82) is 0 Å². The van der Waals surface area contributed by atoms with Crippen LogP contribution in [0.4, 0.5) is 0 Å². The number of ether oxygens (including phenoxy) is 1. The summed E-state index contributed by atoms with van der Waals surface area (Å²) < 4.78 is 10.1. The van der Waals surface area contributed by atoms with Gasteiger partial charge in [0.2, 0.25) is 5.89 Å². The minimum Gasteiger partial charge on any atom is -0.465 e. The third-order valence-corrected chi connectivity index (χ3v) is 3.24. The Morgan fingerprint density at radius 3 is 2.59 bits per heavy atom. The number of carbonyl (C=O) groups is 1. The zero-order chi connectivity index (χ0) is 15.5. The number of methoxy groups -OCH3 is 1. The van der Waals surface area contributed by atoms with Crippen molar-refractivity contribution in [2.45, 2.75) is 6.92 Å². The first kappa shape index (κ1) is 14.0. The van der Waals surface area contributed by atoms with E-state index in [1.165, 1.54) is 13.4 Å². The Labute approximate surface area is 127 Å². The summed E-state index contributed by atoms with van der Waals surface area (Å²) in [5, 5.41) is 0. The minimum absolute atomic E-state index is 0.415. The molecule has 110 valence electrons. The van der Waals surface area contributed by atoms with Gasteiger partial charge in [-0.1, -0.05) is 6.07 Å². The van der Waals surface area contributed by atoms with Crippen molar-refractivity contribution in [3.05, 3.63) is 60.1 Å².